The van der Waals surface area contributed by atoms with Gasteiger partial charge in [-0.2, -0.15) is 18.4 Å². The predicted molar refractivity (Wildman–Crippen MR) is 138 cm³/mol. The molecule has 3 aliphatic rings. The summed E-state index contributed by atoms with van der Waals surface area (Å²) in [5, 5.41) is 11.1. The number of hydrogen-bond acceptors (Lipinski definition) is 5. The molecule has 0 unspecified atom stereocenters. The molecule has 2 N–H and O–H groups in total. The third kappa shape index (κ3) is 4.69. The Kier molecular flexibility index (Phi) is 6.12. The lowest BCUT2D eigenvalue weighted by Crippen LogP contribution is -2.31. The summed E-state index contributed by atoms with van der Waals surface area (Å²) in [6, 6.07) is 16.0. The number of hydrogen-bond donors (Lipinski definition) is 2. The van der Waals surface area contributed by atoms with Gasteiger partial charge in [0, 0.05) is 36.1 Å². The largest absolute Gasteiger partial charge is 0.488 e. The summed E-state index contributed by atoms with van der Waals surface area (Å²) in [6.07, 6.45) is 6.38. The van der Waals surface area contributed by atoms with Crippen molar-refractivity contribution in [1.82, 2.24) is 9.29 Å². The topological polar surface area (TPSA) is 105 Å². The van der Waals surface area contributed by atoms with E-state index in [1.54, 1.807) is 12.1 Å². The lowest BCUT2D eigenvalue weighted by Gasteiger charge is -2.30. The van der Waals surface area contributed by atoms with Crippen molar-refractivity contribution in [2.75, 3.05) is 24.5 Å². The molecule has 2 aromatic carbocycles. The van der Waals surface area contributed by atoms with E-state index in [9.17, 15) is 13.7 Å². The van der Waals surface area contributed by atoms with E-state index in [1.807, 2.05) is 30.3 Å². The van der Waals surface area contributed by atoms with E-state index < -0.39 is 10.2 Å². The lowest BCUT2D eigenvalue weighted by atomic mass is 9.92. The molecule has 2 saturated carbocycles. The Balaban J connectivity index is 1.34. The minimum atomic E-state index is -3.61. The van der Waals surface area contributed by atoms with Gasteiger partial charge >= 0.3 is 0 Å². The number of nitrogens with zero attached hydrogens (tertiary/aromatic N) is 2. The molecule has 8 nitrogen and oxygen atoms in total. The van der Waals surface area contributed by atoms with Crippen LogP contribution >= 0.6 is 0 Å². The second-order valence-electron chi connectivity index (χ2n) is 10.0. The number of benzene rings is 2. The number of aromatic nitrogens is 1. The van der Waals surface area contributed by atoms with Crippen molar-refractivity contribution in [2.24, 2.45) is 5.92 Å². The van der Waals surface area contributed by atoms with E-state index in [-0.39, 0.29) is 6.10 Å². The summed E-state index contributed by atoms with van der Waals surface area (Å²) >= 11 is 0. The standard InChI is InChI=1S/C27H30N4O4S/c28-15-25-24-11-10-22(35-23-12-13-34-17-23)14-26(24)31(21-2-1-3-21)27(25)19-6-8-20(9-7-19)30-36(32,33)29-16-18-4-5-18/h6-11,14,18,21,23,29-30H,1-5,12-13,16-17H2/t23-/m1/s1. The van der Waals surface area contributed by atoms with Gasteiger partial charge in [-0.05, 0) is 67.9 Å². The zero-order chi connectivity index (χ0) is 24.7. The molecule has 1 aliphatic heterocycles. The molecule has 3 fully saturated rings. The summed E-state index contributed by atoms with van der Waals surface area (Å²) in [7, 11) is -3.61. The maximum absolute atomic E-state index is 12.4. The first kappa shape index (κ1) is 23.3. The van der Waals surface area contributed by atoms with Crippen molar-refractivity contribution >= 4 is 26.8 Å². The number of ether oxygens (including phenoxy) is 2. The molecular formula is C27H30N4O4S. The summed E-state index contributed by atoms with van der Waals surface area (Å²) in [4.78, 5) is 0. The minimum Gasteiger partial charge on any atom is -0.488 e. The lowest BCUT2D eigenvalue weighted by molar-refractivity contribution is 0.141. The molecular weight excluding hydrogens is 476 g/mol. The minimum absolute atomic E-state index is 0.0551. The van der Waals surface area contributed by atoms with Crippen LogP contribution in [0, 0.1) is 17.2 Å². The summed E-state index contributed by atoms with van der Waals surface area (Å²) < 4.78 is 43.8. The van der Waals surface area contributed by atoms with Crippen molar-refractivity contribution < 1.29 is 17.9 Å². The number of nitriles is 1. The van der Waals surface area contributed by atoms with Gasteiger partial charge in [0.2, 0.25) is 0 Å². The second-order valence-corrected chi connectivity index (χ2v) is 11.5. The van der Waals surface area contributed by atoms with Crippen molar-refractivity contribution in [1.29, 1.82) is 5.26 Å². The van der Waals surface area contributed by atoms with E-state index in [4.69, 9.17) is 9.47 Å². The van der Waals surface area contributed by atoms with Crippen molar-refractivity contribution in [3.05, 3.63) is 48.0 Å². The smallest absolute Gasteiger partial charge is 0.299 e. The highest BCUT2D eigenvalue weighted by atomic mass is 32.2. The number of rotatable bonds is 9. The summed E-state index contributed by atoms with van der Waals surface area (Å²) in [5.74, 6) is 1.25. The number of anilines is 1. The van der Waals surface area contributed by atoms with Gasteiger partial charge < -0.3 is 14.0 Å². The van der Waals surface area contributed by atoms with E-state index >= 15 is 0 Å². The Labute approximate surface area is 211 Å². The van der Waals surface area contributed by atoms with Gasteiger partial charge in [0.25, 0.3) is 10.2 Å². The molecule has 0 amide bonds. The van der Waals surface area contributed by atoms with E-state index in [1.165, 1.54) is 0 Å². The van der Waals surface area contributed by atoms with Crippen LogP contribution in [0.3, 0.4) is 0 Å². The van der Waals surface area contributed by atoms with Crippen LogP contribution in [0.5, 0.6) is 5.75 Å². The molecule has 2 heterocycles. The van der Waals surface area contributed by atoms with Crippen LogP contribution < -0.4 is 14.2 Å². The zero-order valence-electron chi connectivity index (χ0n) is 20.1. The predicted octanol–water partition coefficient (Wildman–Crippen LogP) is 4.73. The molecule has 6 rings (SSSR count). The van der Waals surface area contributed by atoms with Crippen LogP contribution in [-0.2, 0) is 14.9 Å². The summed E-state index contributed by atoms with van der Waals surface area (Å²) in [5.41, 5.74) is 3.88. The average Bonchev–Trinajstić information content (AvgIpc) is 3.44. The first-order valence-corrected chi connectivity index (χ1v) is 14.2. The zero-order valence-corrected chi connectivity index (χ0v) is 20.9. The van der Waals surface area contributed by atoms with Gasteiger partial charge in [-0.25, -0.2) is 0 Å². The first-order chi connectivity index (χ1) is 17.5. The third-order valence-corrected chi connectivity index (χ3v) is 8.44. The highest BCUT2D eigenvalue weighted by Gasteiger charge is 2.29. The van der Waals surface area contributed by atoms with Gasteiger partial charge in [-0.1, -0.05) is 12.1 Å². The summed E-state index contributed by atoms with van der Waals surface area (Å²) in [6.45, 7) is 1.79. The molecule has 1 saturated heterocycles. The Morgan fingerprint density at radius 3 is 2.53 bits per heavy atom. The Bertz CT molecular complexity index is 1410. The Morgan fingerprint density at radius 1 is 1.08 bits per heavy atom. The molecule has 0 spiro atoms. The van der Waals surface area contributed by atoms with E-state index in [0.717, 1.165) is 73.0 Å². The van der Waals surface area contributed by atoms with Crippen LogP contribution in [0.25, 0.3) is 22.2 Å². The average molecular weight is 507 g/mol. The third-order valence-electron chi connectivity index (χ3n) is 7.39. The number of nitrogens with one attached hydrogen (secondary N) is 2. The van der Waals surface area contributed by atoms with Gasteiger partial charge in [-0.3, -0.25) is 4.72 Å². The molecule has 0 radical (unpaired) electrons. The van der Waals surface area contributed by atoms with Crippen LogP contribution in [0.15, 0.2) is 42.5 Å². The van der Waals surface area contributed by atoms with E-state index in [0.29, 0.717) is 36.4 Å². The Hall–Kier alpha value is -3.06. The molecule has 36 heavy (non-hydrogen) atoms. The van der Waals surface area contributed by atoms with Gasteiger partial charge in [-0.15, -0.1) is 0 Å². The molecule has 0 bridgehead atoms. The van der Waals surface area contributed by atoms with Crippen LogP contribution in [0.4, 0.5) is 5.69 Å². The molecule has 3 aromatic rings. The molecule has 1 aromatic heterocycles. The maximum Gasteiger partial charge on any atom is 0.299 e. The fourth-order valence-electron chi connectivity index (χ4n) is 5.02. The molecule has 2 aliphatic carbocycles. The van der Waals surface area contributed by atoms with Crippen LogP contribution in [-0.4, -0.2) is 38.8 Å². The van der Waals surface area contributed by atoms with Gasteiger partial charge in [0.05, 0.1) is 30.0 Å². The molecule has 9 heteroatoms. The van der Waals surface area contributed by atoms with Crippen molar-refractivity contribution in [2.45, 2.75) is 50.7 Å². The van der Waals surface area contributed by atoms with Crippen molar-refractivity contribution in [3.63, 3.8) is 0 Å². The maximum atomic E-state index is 12.4. The van der Waals surface area contributed by atoms with Crippen LogP contribution in [0.2, 0.25) is 0 Å². The normalized spacial score (nSPS) is 20.2. The van der Waals surface area contributed by atoms with Crippen LogP contribution in [0.1, 0.15) is 50.1 Å². The quantitative estimate of drug-likeness (QED) is 0.437. The fraction of sp³-hybridized carbons (Fsp3) is 0.444. The number of fused-ring (bicyclic) bond motifs is 1. The highest BCUT2D eigenvalue weighted by Crippen LogP contribution is 2.43. The molecule has 188 valence electrons. The highest BCUT2D eigenvalue weighted by molar-refractivity contribution is 7.90. The fourth-order valence-corrected chi connectivity index (χ4v) is 5.99. The van der Waals surface area contributed by atoms with Crippen molar-refractivity contribution in [3.8, 4) is 23.1 Å². The molecule has 1 atom stereocenters. The second kappa shape index (κ2) is 9.43. The SMILES string of the molecule is N#Cc1c(-c2ccc(NS(=O)(=O)NCC3CC3)cc2)n(C2CCC2)c2cc(O[C@@H]3CCOC3)ccc12. The monoisotopic (exact) mass is 506 g/mol. The Morgan fingerprint density at radius 2 is 1.89 bits per heavy atom. The van der Waals surface area contributed by atoms with E-state index in [2.05, 4.69) is 20.1 Å². The van der Waals surface area contributed by atoms with Gasteiger partial charge in [0.15, 0.2) is 0 Å². The van der Waals surface area contributed by atoms with Gasteiger partial charge in [0.1, 0.15) is 17.9 Å². The first-order valence-electron chi connectivity index (χ1n) is 12.7.